The van der Waals surface area contributed by atoms with Crippen LogP contribution in [-0.4, -0.2) is 37.7 Å². The number of hydrogen-bond acceptors (Lipinski definition) is 5. The highest BCUT2D eigenvalue weighted by Crippen LogP contribution is 2.24. The fourth-order valence-electron chi connectivity index (χ4n) is 1.76. The number of esters is 1. The van der Waals surface area contributed by atoms with Crippen molar-refractivity contribution < 1.29 is 23.9 Å². The molecule has 0 aliphatic heterocycles. The number of carbonyl (C=O) groups excluding carboxylic acids is 3. The van der Waals surface area contributed by atoms with Crippen molar-refractivity contribution in [3.8, 4) is 5.75 Å². The number of ether oxygens (including phenoxy) is 2. The van der Waals surface area contributed by atoms with Crippen molar-refractivity contribution in [2.24, 2.45) is 0 Å². The van der Waals surface area contributed by atoms with Gasteiger partial charge in [-0.2, -0.15) is 0 Å². The minimum atomic E-state index is -0.877. The third-order valence-electron chi connectivity index (χ3n) is 3.19. The quantitative estimate of drug-likeness (QED) is 0.799. The summed E-state index contributed by atoms with van der Waals surface area (Å²) in [5, 5.41) is 4.20. The van der Waals surface area contributed by atoms with Gasteiger partial charge in [0.1, 0.15) is 5.75 Å². The average molecular weight is 336 g/mol. The van der Waals surface area contributed by atoms with Gasteiger partial charge in [-0.15, -0.1) is 0 Å². The molecule has 24 heavy (non-hydrogen) atoms. The first-order chi connectivity index (χ1) is 11.1. The summed E-state index contributed by atoms with van der Waals surface area (Å²) in [4.78, 5) is 34.1. The van der Waals surface area contributed by atoms with Crippen molar-refractivity contribution in [1.82, 2.24) is 10.6 Å². The van der Waals surface area contributed by atoms with E-state index in [2.05, 4.69) is 26.1 Å². The lowest BCUT2D eigenvalue weighted by molar-refractivity contribution is -0.154. The topological polar surface area (TPSA) is 93.7 Å². The Bertz CT molecular complexity index is 590. The first-order valence-corrected chi connectivity index (χ1v) is 7.59. The normalized spacial score (nSPS) is 12.0. The summed E-state index contributed by atoms with van der Waals surface area (Å²) >= 11 is 0. The molecule has 0 spiro atoms. The Morgan fingerprint density at radius 3 is 2.21 bits per heavy atom. The van der Waals surface area contributed by atoms with Gasteiger partial charge in [0.05, 0.1) is 0 Å². The van der Waals surface area contributed by atoms with Crippen LogP contribution in [0, 0.1) is 0 Å². The molecule has 3 amide bonds. The number of rotatable bonds is 5. The van der Waals surface area contributed by atoms with Crippen LogP contribution in [0.5, 0.6) is 5.75 Å². The first kappa shape index (κ1) is 19.5. The first-order valence-electron chi connectivity index (χ1n) is 7.59. The maximum atomic E-state index is 11.8. The fourth-order valence-corrected chi connectivity index (χ4v) is 1.76. The monoisotopic (exact) mass is 336 g/mol. The zero-order valence-corrected chi connectivity index (χ0v) is 14.6. The number of amides is 3. The lowest BCUT2D eigenvalue weighted by atomic mass is 9.87. The molecule has 2 N–H and O–H groups in total. The minimum Gasteiger partial charge on any atom is -0.479 e. The van der Waals surface area contributed by atoms with E-state index in [0.717, 1.165) is 5.56 Å². The Morgan fingerprint density at radius 1 is 1.12 bits per heavy atom. The predicted octanol–water partition coefficient (Wildman–Crippen LogP) is 1.75. The molecule has 1 aromatic rings. The van der Waals surface area contributed by atoms with Gasteiger partial charge < -0.3 is 14.8 Å². The van der Waals surface area contributed by atoms with E-state index in [0.29, 0.717) is 5.75 Å². The Balaban J connectivity index is 2.49. The van der Waals surface area contributed by atoms with Crippen LogP contribution in [0.1, 0.15) is 33.3 Å². The predicted molar refractivity (Wildman–Crippen MR) is 88.8 cm³/mol. The fraction of sp³-hybridized carbons (Fsp3) is 0.471. The molecule has 1 aromatic carbocycles. The van der Waals surface area contributed by atoms with E-state index in [1.165, 1.54) is 14.0 Å². The molecular weight excluding hydrogens is 312 g/mol. The number of nitrogens with one attached hydrogen (secondary N) is 2. The summed E-state index contributed by atoms with van der Waals surface area (Å²) < 4.78 is 10.3. The van der Waals surface area contributed by atoms with Gasteiger partial charge in [-0.1, -0.05) is 32.9 Å². The summed E-state index contributed by atoms with van der Waals surface area (Å²) in [5.74, 6) is -0.881. The van der Waals surface area contributed by atoms with E-state index in [1.54, 1.807) is 12.1 Å². The van der Waals surface area contributed by atoms with Crippen LogP contribution >= 0.6 is 0 Å². The molecule has 0 unspecified atom stereocenters. The second-order valence-electron chi connectivity index (χ2n) is 6.27. The number of urea groups is 1. The highest BCUT2D eigenvalue weighted by atomic mass is 16.6. The lowest BCUT2D eigenvalue weighted by Gasteiger charge is -2.20. The zero-order chi connectivity index (χ0) is 18.3. The SMILES string of the molecule is CNC(=O)NC(=O)COC(=O)[C@H](C)Oc1ccc(C(C)(C)C)cc1. The maximum absolute atomic E-state index is 11.8. The van der Waals surface area contributed by atoms with E-state index < -0.39 is 30.6 Å². The second kappa shape index (κ2) is 8.33. The van der Waals surface area contributed by atoms with Crippen LogP contribution in [0.3, 0.4) is 0 Å². The Hall–Kier alpha value is -2.57. The molecule has 7 nitrogen and oxygen atoms in total. The van der Waals surface area contributed by atoms with Gasteiger partial charge in [0, 0.05) is 7.05 Å². The van der Waals surface area contributed by atoms with E-state index in [-0.39, 0.29) is 5.41 Å². The molecule has 0 saturated heterocycles. The van der Waals surface area contributed by atoms with Crippen LogP contribution < -0.4 is 15.4 Å². The Kier molecular flexibility index (Phi) is 6.76. The summed E-state index contributed by atoms with van der Waals surface area (Å²) in [5.41, 5.74) is 1.18. The molecule has 0 saturated carbocycles. The molecule has 0 aliphatic carbocycles. The second-order valence-corrected chi connectivity index (χ2v) is 6.27. The van der Waals surface area contributed by atoms with Gasteiger partial charge in [-0.3, -0.25) is 10.1 Å². The van der Waals surface area contributed by atoms with Crippen molar-refractivity contribution in [3.05, 3.63) is 29.8 Å². The molecule has 0 aromatic heterocycles. The summed E-state index contributed by atoms with van der Waals surface area (Å²) in [6.45, 7) is 7.28. The molecule has 132 valence electrons. The number of benzene rings is 1. The largest absolute Gasteiger partial charge is 0.479 e. The maximum Gasteiger partial charge on any atom is 0.347 e. The number of carbonyl (C=O) groups is 3. The molecule has 0 fully saturated rings. The van der Waals surface area contributed by atoms with E-state index in [4.69, 9.17) is 9.47 Å². The van der Waals surface area contributed by atoms with Crippen molar-refractivity contribution in [3.63, 3.8) is 0 Å². The Labute approximate surface area is 141 Å². The van der Waals surface area contributed by atoms with Gasteiger partial charge >= 0.3 is 12.0 Å². The van der Waals surface area contributed by atoms with Gasteiger partial charge in [0.15, 0.2) is 12.7 Å². The minimum absolute atomic E-state index is 0.0290. The van der Waals surface area contributed by atoms with Gasteiger partial charge in [-0.05, 0) is 30.0 Å². The number of imide groups is 1. The average Bonchev–Trinajstić information content (AvgIpc) is 2.52. The van der Waals surface area contributed by atoms with Crippen LogP contribution in [0.15, 0.2) is 24.3 Å². The standard InChI is InChI=1S/C17H24N2O5/c1-11(15(21)23-10-14(20)19-16(22)18-5)24-13-8-6-12(7-9-13)17(2,3)4/h6-9,11H,10H2,1-5H3,(H2,18,19,20,22)/t11-/m0/s1. The van der Waals surface area contributed by atoms with E-state index in [1.807, 2.05) is 17.4 Å². The van der Waals surface area contributed by atoms with E-state index in [9.17, 15) is 14.4 Å². The van der Waals surface area contributed by atoms with Gasteiger partial charge in [0.2, 0.25) is 0 Å². The van der Waals surface area contributed by atoms with Crippen LogP contribution in [0.25, 0.3) is 0 Å². The van der Waals surface area contributed by atoms with Crippen LogP contribution in [0.4, 0.5) is 4.79 Å². The smallest absolute Gasteiger partial charge is 0.347 e. The van der Waals surface area contributed by atoms with Crippen molar-refractivity contribution in [2.45, 2.75) is 39.2 Å². The summed E-state index contributed by atoms with van der Waals surface area (Å²) in [6, 6.07) is 6.76. The van der Waals surface area contributed by atoms with Gasteiger partial charge in [-0.25, -0.2) is 9.59 Å². The Morgan fingerprint density at radius 2 is 1.71 bits per heavy atom. The van der Waals surface area contributed by atoms with E-state index >= 15 is 0 Å². The zero-order valence-electron chi connectivity index (χ0n) is 14.6. The molecule has 0 bridgehead atoms. The summed E-state index contributed by atoms with van der Waals surface area (Å²) in [6.07, 6.45) is -0.877. The molecule has 0 heterocycles. The van der Waals surface area contributed by atoms with Crippen LogP contribution in [-0.2, 0) is 19.7 Å². The highest BCUT2D eigenvalue weighted by molar-refractivity contribution is 5.95. The molecule has 1 atom stereocenters. The molecule has 7 heteroatoms. The molecule has 1 rings (SSSR count). The van der Waals surface area contributed by atoms with Gasteiger partial charge in [0.25, 0.3) is 5.91 Å². The van der Waals surface area contributed by atoms with Crippen molar-refractivity contribution in [1.29, 1.82) is 0 Å². The van der Waals surface area contributed by atoms with Crippen molar-refractivity contribution >= 4 is 17.9 Å². The molecule has 0 radical (unpaired) electrons. The molecule has 0 aliphatic rings. The highest BCUT2D eigenvalue weighted by Gasteiger charge is 2.19. The third-order valence-corrected chi connectivity index (χ3v) is 3.19. The molecular formula is C17H24N2O5. The number of hydrogen-bond donors (Lipinski definition) is 2. The van der Waals surface area contributed by atoms with Crippen molar-refractivity contribution in [2.75, 3.05) is 13.7 Å². The summed E-state index contributed by atoms with van der Waals surface area (Å²) in [7, 11) is 1.37. The van der Waals surface area contributed by atoms with Crippen LogP contribution in [0.2, 0.25) is 0 Å². The lowest BCUT2D eigenvalue weighted by Crippen LogP contribution is -2.40. The third kappa shape index (κ3) is 6.28.